The molecule has 0 aliphatic rings. The third kappa shape index (κ3) is 5.70. The standard InChI is InChI=1S/C52H34N2O/c53-45(37-28-26-36(27-29-37)39-23-13-25-48-51(39)43-22-11-12-24-47(43)55-48)32-46(54-33-34-14-3-1-4-15-34)50-42-21-10-9-20-41(42)49(38-17-5-2-6-18-38)52-40-19-8-7-16-35(40)30-31-44(50)52/h1-33,53H/b46-32-,53-45?,54-33?. The molecule has 0 unspecified atom stereocenters. The number of nitrogens with zero attached hydrogens (tertiary/aromatic N) is 1. The lowest BCUT2D eigenvalue weighted by molar-refractivity contribution is 0.669. The van der Waals surface area contributed by atoms with Crippen molar-refractivity contribution in [1.29, 1.82) is 5.41 Å². The van der Waals surface area contributed by atoms with Gasteiger partial charge in [-0.15, -0.1) is 0 Å². The van der Waals surface area contributed by atoms with Crippen molar-refractivity contribution in [2.45, 2.75) is 0 Å². The Morgan fingerprint density at radius 3 is 1.93 bits per heavy atom. The molecule has 3 heteroatoms. The highest BCUT2D eigenvalue weighted by atomic mass is 16.3. The first kappa shape index (κ1) is 32.3. The van der Waals surface area contributed by atoms with Crippen molar-refractivity contribution in [1.82, 2.24) is 0 Å². The predicted octanol–water partition coefficient (Wildman–Crippen LogP) is 13.9. The molecule has 0 saturated carbocycles. The van der Waals surface area contributed by atoms with Gasteiger partial charge in [-0.1, -0.05) is 176 Å². The van der Waals surface area contributed by atoms with Gasteiger partial charge in [0.25, 0.3) is 0 Å². The van der Waals surface area contributed by atoms with Gasteiger partial charge in [0.1, 0.15) is 11.2 Å². The van der Waals surface area contributed by atoms with Crippen molar-refractivity contribution < 1.29 is 4.42 Å². The Morgan fingerprint density at radius 2 is 1.13 bits per heavy atom. The molecule has 1 N–H and O–H groups in total. The fourth-order valence-corrected chi connectivity index (χ4v) is 8.05. The average molecular weight is 703 g/mol. The van der Waals surface area contributed by atoms with E-state index in [9.17, 15) is 5.41 Å². The number of benzene rings is 9. The van der Waals surface area contributed by atoms with Crippen LogP contribution in [0.4, 0.5) is 0 Å². The van der Waals surface area contributed by atoms with Crippen LogP contribution in [-0.4, -0.2) is 11.9 Å². The molecular formula is C52H34N2O. The van der Waals surface area contributed by atoms with E-state index in [1.807, 2.05) is 73.0 Å². The Bertz CT molecular complexity index is 3140. The second-order valence-electron chi connectivity index (χ2n) is 13.8. The lowest BCUT2D eigenvalue weighted by Gasteiger charge is -2.19. The second-order valence-corrected chi connectivity index (χ2v) is 13.8. The first-order chi connectivity index (χ1) is 27.2. The summed E-state index contributed by atoms with van der Waals surface area (Å²) in [4.78, 5) is 5.22. The first-order valence-corrected chi connectivity index (χ1v) is 18.5. The molecule has 10 aromatic rings. The molecule has 258 valence electrons. The molecule has 1 heterocycles. The molecular weight excluding hydrogens is 669 g/mol. The maximum atomic E-state index is 9.54. The van der Waals surface area contributed by atoms with E-state index < -0.39 is 0 Å². The van der Waals surface area contributed by atoms with Gasteiger partial charge in [-0.05, 0) is 83.9 Å². The number of hydrogen-bond donors (Lipinski definition) is 1. The summed E-state index contributed by atoms with van der Waals surface area (Å²) in [5.41, 5.74) is 10.2. The summed E-state index contributed by atoms with van der Waals surface area (Å²) in [6.07, 6.45) is 3.84. The van der Waals surface area contributed by atoms with Crippen LogP contribution in [0.25, 0.3) is 82.2 Å². The highest BCUT2D eigenvalue weighted by molar-refractivity contribution is 6.27. The summed E-state index contributed by atoms with van der Waals surface area (Å²) in [5.74, 6) is 0. The topological polar surface area (TPSA) is 49.4 Å². The van der Waals surface area contributed by atoms with Crippen LogP contribution in [0.5, 0.6) is 0 Å². The quantitative estimate of drug-likeness (QED) is 0.100. The average Bonchev–Trinajstić information content (AvgIpc) is 3.64. The molecule has 10 rings (SSSR count). The van der Waals surface area contributed by atoms with Gasteiger partial charge in [0.15, 0.2) is 0 Å². The van der Waals surface area contributed by atoms with Crippen molar-refractivity contribution in [3.63, 3.8) is 0 Å². The van der Waals surface area contributed by atoms with Crippen molar-refractivity contribution in [2.75, 3.05) is 0 Å². The number of hydrogen-bond acceptors (Lipinski definition) is 3. The number of furan rings is 1. The normalized spacial score (nSPS) is 12.1. The third-order valence-electron chi connectivity index (χ3n) is 10.6. The molecule has 0 radical (unpaired) electrons. The van der Waals surface area contributed by atoms with Gasteiger partial charge in [0.2, 0.25) is 0 Å². The van der Waals surface area contributed by atoms with E-state index in [1.165, 1.54) is 21.7 Å². The number of allylic oxidation sites excluding steroid dienone is 1. The molecule has 0 spiro atoms. The van der Waals surface area contributed by atoms with Crippen molar-refractivity contribution in [2.24, 2.45) is 4.99 Å². The first-order valence-electron chi connectivity index (χ1n) is 18.5. The fraction of sp³-hybridized carbons (Fsp3) is 0. The highest BCUT2D eigenvalue weighted by Gasteiger charge is 2.20. The molecule has 55 heavy (non-hydrogen) atoms. The number of aliphatic imine (C=N–C) groups is 1. The Morgan fingerprint density at radius 1 is 0.473 bits per heavy atom. The molecule has 0 atom stereocenters. The van der Waals surface area contributed by atoms with Gasteiger partial charge in [0.05, 0.1) is 11.4 Å². The summed E-state index contributed by atoms with van der Waals surface area (Å²) in [6, 6.07) is 65.1. The van der Waals surface area contributed by atoms with Crippen LogP contribution in [0.3, 0.4) is 0 Å². The molecule has 0 fully saturated rings. The molecule has 0 saturated heterocycles. The van der Waals surface area contributed by atoms with Crippen LogP contribution >= 0.6 is 0 Å². The molecule has 0 bridgehead atoms. The second kappa shape index (κ2) is 13.6. The van der Waals surface area contributed by atoms with Gasteiger partial charge in [-0.25, -0.2) is 0 Å². The van der Waals surface area contributed by atoms with E-state index in [4.69, 9.17) is 9.41 Å². The summed E-state index contributed by atoms with van der Waals surface area (Å²) in [6.45, 7) is 0. The minimum Gasteiger partial charge on any atom is -0.456 e. The molecule has 0 aliphatic heterocycles. The lowest BCUT2D eigenvalue weighted by Crippen LogP contribution is -1.99. The number of nitrogens with one attached hydrogen (secondary N) is 1. The zero-order valence-corrected chi connectivity index (χ0v) is 29.9. The van der Waals surface area contributed by atoms with Crippen LogP contribution in [0.2, 0.25) is 0 Å². The van der Waals surface area contributed by atoms with Gasteiger partial charge in [-0.3, -0.25) is 4.99 Å². The van der Waals surface area contributed by atoms with E-state index in [0.29, 0.717) is 5.71 Å². The summed E-state index contributed by atoms with van der Waals surface area (Å²) < 4.78 is 6.18. The molecule has 0 aliphatic carbocycles. The van der Waals surface area contributed by atoms with Gasteiger partial charge < -0.3 is 9.83 Å². The van der Waals surface area contributed by atoms with E-state index >= 15 is 0 Å². The van der Waals surface area contributed by atoms with E-state index in [0.717, 1.165) is 77.2 Å². The molecule has 0 amide bonds. The largest absolute Gasteiger partial charge is 0.456 e. The van der Waals surface area contributed by atoms with Crippen molar-refractivity contribution in [3.05, 3.63) is 211 Å². The summed E-state index contributed by atoms with van der Waals surface area (Å²) in [5, 5.41) is 18.6. The maximum Gasteiger partial charge on any atom is 0.136 e. The van der Waals surface area contributed by atoms with Crippen LogP contribution in [0.15, 0.2) is 204 Å². The molecule has 3 nitrogen and oxygen atoms in total. The van der Waals surface area contributed by atoms with Gasteiger partial charge in [0, 0.05) is 22.6 Å². The van der Waals surface area contributed by atoms with Crippen LogP contribution < -0.4 is 0 Å². The lowest BCUT2D eigenvalue weighted by atomic mass is 9.85. The number of rotatable bonds is 7. The Kier molecular flexibility index (Phi) is 7.96. The highest BCUT2D eigenvalue weighted by Crippen LogP contribution is 2.45. The Labute approximate surface area is 318 Å². The van der Waals surface area contributed by atoms with Crippen LogP contribution in [-0.2, 0) is 0 Å². The minimum atomic E-state index is 0.379. The van der Waals surface area contributed by atoms with E-state index in [-0.39, 0.29) is 0 Å². The van der Waals surface area contributed by atoms with Crippen LogP contribution in [0.1, 0.15) is 16.7 Å². The summed E-state index contributed by atoms with van der Waals surface area (Å²) >= 11 is 0. The Hall–Kier alpha value is -7.36. The minimum absolute atomic E-state index is 0.379. The predicted molar refractivity (Wildman–Crippen MR) is 232 cm³/mol. The van der Waals surface area contributed by atoms with Crippen molar-refractivity contribution >= 4 is 71.9 Å². The smallest absolute Gasteiger partial charge is 0.136 e. The third-order valence-corrected chi connectivity index (χ3v) is 10.6. The number of fused-ring (bicyclic) bond motifs is 7. The Balaban J connectivity index is 1.17. The maximum absolute atomic E-state index is 9.54. The van der Waals surface area contributed by atoms with Crippen molar-refractivity contribution in [3.8, 4) is 22.3 Å². The number of para-hydroxylation sites is 1. The van der Waals surface area contributed by atoms with E-state index in [1.54, 1.807) is 0 Å². The van der Waals surface area contributed by atoms with Crippen LogP contribution in [0, 0.1) is 5.41 Å². The van der Waals surface area contributed by atoms with E-state index in [2.05, 4.69) is 127 Å². The SMILES string of the molecule is N=C(/C=C(\N=Cc1ccccc1)c1c2ccccc2c(-c2ccccc2)c2c1ccc1ccccc12)c1ccc(-c2cccc3oc4ccccc4c23)cc1. The zero-order valence-electron chi connectivity index (χ0n) is 29.9. The molecule has 1 aromatic heterocycles. The fourth-order valence-electron chi connectivity index (χ4n) is 8.05. The summed E-state index contributed by atoms with van der Waals surface area (Å²) in [7, 11) is 0. The monoisotopic (exact) mass is 702 g/mol. The van der Waals surface area contributed by atoms with Gasteiger partial charge in [-0.2, -0.15) is 0 Å². The van der Waals surface area contributed by atoms with Gasteiger partial charge >= 0.3 is 0 Å². The zero-order chi connectivity index (χ0) is 36.7. The molecule has 9 aromatic carbocycles.